The van der Waals surface area contributed by atoms with Crippen molar-refractivity contribution in [3.05, 3.63) is 0 Å². The average molecular weight is 276 g/mol. The van der Waals surface area contributed by atoms with Gasteiger partial charge in [-0.25, -0.2) is 0 Å². The Bertz CT molecular complexity index is 445. The number of hydrogen-bond donors (Lipinski definition) is 1. The summed E-state index contributed by atoms with van der Waals surface area (Å²) in [6.45, 7) is 1.54. The van der Waals surface area contributed by atoms with E-state index in [-0.39, 0.29) is 11.8 Å². The molecule has 3 saturated carbocycles. The third kappa shape index (κ3) is 1.95. The molecule has 4 nitrogen and oxygen atoms in total. The summed E-state index contributed by atoms with van der Waals surface area (Å²) >= 11 is 0. The molecule has 3 aliphatic carbocycles. The molecule has 1 spiro atoms. The van der Waals surface area contributed by atoms with Crippen molar-refractivity contribution in [2.24, 2.45) is 11.3 Å². The summed E-state index contributed by atoms with van der Waals surface area (Å²) in [5, 5.41) is 3.05. The Labute approximate surface area is 120 Å². The van der Waals surface area contributed by atoms with Gasteiger partial charge in [0, 0.05) is 19.5 Å². The van der Waals surface area contributed by atoms with Crippen LogP contribution in [-0.2, 0) is 9.59 Å². The minimum atomic E-state index is -0.548. The molecule has 2 amide bonds. The van der Waals surface area contributed by atoms with Gasteiger partial charge in [-0.2, -0.15) is 0 Å². The Hall–Kier alpha value is -1.06. The van der Waals surface area contributed by atoms with Crippen LogP contribution in [0.4, 0.5) is 0 Å². The summed E-state index contributed by atoms with van der Waals surface area (Å²) in [4.78, 5) is 27.0. The van der Waals surface area contributed by atoms with Crippen LogP contribution in [0.15, 0.2) is 0 Å². The van der Waals surface area contributed by atoms with Crippen LogP contribution in [0.25, 0.3) is 0 Å². The van der Waals surface area contributed by atoms with Crippen LogP contribution < -0.4 is 5.32 Å². The van der Waals surface area contributed by atoms with Crippen molar-refractivity contribution in [3.63, 3.8) is 0 Å². The van der Waals surface area contributed by atoms with E-state index in [4.69, 9.17) is 0 Å². The first-order valence-corrected chi connectivity index (χ1v) is 8.24. The molecule has 0 radical (unpaired) electrons. The number of carbonyl (C=O) groups excluding carboxylic acids is 2. The monoisotopic (exact) mass is 276 g/mol. The maximum Gasteiger partial charge on any atom is 0.248 e. The van der Waals surface area contributed by atoms with E-state index in [1.54, 1.807) is 0 Å². The molecule has 0 atom stereocenters. The minimum absolute atomic E-state index is 0.0685. The highest BCUT2D eigenvalue weighted by molar-refractivity contribution is 5.93. The average Bonchev–Trinajstić information content (AvgIpc) is 3.32. The molecule has 1 saturated heterocycles. The van der Waals surface area contributed by atoms with Crippen LogP contribution in [-0.4, -0.2) is 35.3 Å². The Kier molecular flexibility index (Phi) is 2.67. The molecule has 20 heavy (non-hydrogen) atoms. The fourth-order valence-electron chi connectivity index (χ4n) is 4.42. The predicted molar refractivity (Wildman–Crippen MR) is 74.9 cm³/mol. The van der Waals surface area contributed by atoms with Crippen LogP contribution in [0, 0.1) is 11.3 Å². The largest absolute Gasteiger partial charge is 0.342 e. The van der Waals surface area contributed by atoms with E-state index >= 15 is 0 Å². The second-order valence-corrected chi connectivity index (χ2v) is 7.45. The lowest BCUT2D eigenvalue weighted by Crippen LogP contribution is -2.56. The molecule has 4 fully saturated rings. The van der Waals surface area contributed by atoms with E-state index in [9.17, 15) is 9.59 Å². The zero-order chi connectivity index (χ0) is 13.8. The number of amides is 2. The van der Waals surface area contributed by atoms with Crippen LogP contribution in [0.2, 0.25) is 0 Å². The normalized spacial score (nSPS) is 31.3. The van der Waals surface area contributed by atoms with Gasteiger partial charge < -0.3 is 10.2 Å². The molecule has 110 valence electrons. The molecule has 1 N–H and O–H groups in total. The zero-order valence-corrected chi connectivity index (χ0v) is 12.1. The van der Waals surface area contributed by atoms with Gasteiger partial charge in [0.15, 0.2) is 0 Å². The highest BCUT2D eigenvalue weighted by Crippen LogP contribution is 2.61. The Morgan fingerprint density at radius 1 is 1.10 bits per heavy atom. The standard InChI is InChI=1S/C16H24N2O2/c19-13-5-10-18(11-15(8-9-15)12-3-4-12)14(20)16(17-13)6-1-2-7-16/h12H,1-11H2,(H,17,19). The molecule has 1 heterocycles. The highest BCUT2D eigenvalue weighted by Gasteiger charge is 2.56. The summed E-state index contributed by atoms with van der Waals surface area (Å²) in [7, 11) is 0. The third-order valence-corrected chi connectivity index (χ3v) is 5.98. The Balaban J connectivity index is 1.55. The van der Waals surface area contributed by atoms with Gasteiger partial charge in [-0.1, -0.05) is 12.8 Å². The molecule has 0 bridgehead atoms. The van der Waals surface area contributed by atoms with Gasteiger partial charge in [0.25, 0.3) is 0 Å². The predicted octanol–water partition coefficient (Wildman–Crippen LogP) is 1.84. The summed E-state index contributed by atoms with van der Waals surface area (Å²) in [5.74, 6) is 1.15. The summed E-state index contributed by atoms with van der Waals surface area (Å²) in [5.41, 5.74) is -0.115. The van der Waals surface area contributed by atoms with Crippen molar-refractivity contribution in [2.45, 2.75) is 63.3 Å². The van der Waals surface area contributed by atoms with E-state index in [1.807, 2.05) is 4.90 Å². The SMILES string of the molecule is O=C1CCN(CC2(C3CC3)CC2)C(=O)C2(CCCC2)N1. The van der Waals surface area contributed by atoms with Gasteiger partial charge >= 0.3 is 0 Å². The molecule has 4 heteroatoms. The van der Waals surface area contributed by atoms with Crippen molar-refractivity contribution in [1.82, 2.24) is 10.2 Å². The molecule has 1 aliphatic heterocycles. The van der Waals surface area contributed by atoms with Crippen LogP contribution >= 0.6 is 0 Å². The number of rotatable bonds is 3. The van der Waals surface area contributed by atoms with E-state index < -0.39 is 5.54 Å². The van der Waals surface area contributed by atoms with Crippen molar-refractivity contribution < 1.29 is 9.59 Å². The molecule has 4 rings (SSSR count). The van der Waals surface area contributed by atoms with Gasteiger partial charge in [0.2, 0.25) is 11.8 Å². The molecular weight excluding hydrogens is 252 g/mol. The smallest absolute Gasteiger partial charge is 0.248 e. The molecule has 0 aromatic heterocycles. The summed E-state index contributed by atoms with van der Waals surface area (Å²) in [6.07, 6.45) is 9.56. The van der Waals surface area contributed by atoms with Crippen molar-refractivity contribution >= 4 is 11.8 Å². The summed E-state index contributed by atoms with van der Waals surface area (Å²) < 4.78 is 0. The molecule has 0 aromatic rings. The minimum Gasteiger partial charge on any atom is -0.342 e. The van der Waals surface area contributed by atoms with E-state index in [2.05, 4.69) is 5.32 Å². The first-order valence-electron chi connectivity index (χ1n) is 8.24. The van der Waals surface area contributed by atoms with Crippen LogP contribution in [0.3, 0.4) is 0 Å². The Morgan fingerprint density at radius 3 is 2.40 bits per heavy atom. The maximum atomic E-state index is 13.0. The lowest BCUT2D eigenvalue weighted by molar-refractivity contribution is -0.139. The van der Waals surface area contributed by atoms with Crippen LogP contribution in [0.5, 0.6) is 0 Å². The fourth-order valence-corrected chi connectivity index (χ4v) is 4.42. The number of nitrogens with zero attached hydrogens (tertiary/aromatic N) is 1. The van der Waals surface area contributed by atoms with E-state index in [0.717, 1.165) is 38.1 Å². The first kappa shape index (κ1) is 12.7. The quantitative estimate of drug-likeness (QED) is 0.855. The van der Waals surface area contributed by atoms with Gasteiger partial charge in [0.1, 0.15) is 5.54 Å². The Morgan fingerprint density at radius 2 is 1.80 bits per heavy atom. The van der Waals surface area contributed by atoms with Crippen molar-refractivity contribution in [3.8, 4) is 0 Å². The fraction of sp³-hybridized carbons (Fsp3) is 0.875. The second kappa shape index (κ2) is 4.22. The van der Waals surface area contributed by atoms with Gasteiger partial charge in [0.05, 0.1) is 0 Å². The van der Waals surface area contributed by atoms with E-state index in [1.165, 1.54) is 25.7 Å². The van der Waals surface area contributed by atoms with E-state index in [0.29, 0.717) is 18.4 Å². The van der Waals surface area contributed by atoms with Gasteiger partial charge in [-0.05, 0) is 49.9 Å². The third-order valence-electron chi connectivity index (χ3n) is 5.98. The highest BCUT2D eigenvalue weighted by atomic mass is 16.2. The first-order chi connectivity index (χ1) is 9.64. The summed E-state index contributed by atoms with van der Waals surface area (Å²) in [6, 6.07) is 0. The number of carbonyl (C=O) groups is 2. The van der Waals surface area contributed by atoms with Gasteiger partial charge in [-0.3, -0.25) is 9.59 Å². The zero-order valence-electron chi connectivity index (χ0n) is 12.1. The van der Waals surface area contributed by atoms with Gasteiger partial charge in [-0.15, -0.1) is 0 Å². The number of hydrogen-bond acceptors (Lipinski definition) is 2. The lowest BCUT2D eigenvalue weighted by atomic mass is 9.94. The lowest BCUT2D eigenvalue weighted by Gasteiger charge is -2.34. The maximum absolute atomic E-state index is 13.0. The topological polar surface area (TPSA) is 49.4 Å². The second-order valence-electron chi connectivity index (χ2n) is 7.45. The molecule has 0 aromatic carbocycles. The van der Waals surface area contributed by atoms with Crippen molar-refractivity contribution in [2.75, 3.05) is 13.1 Å². The number of nitrogens with one attached hydrogen (secondary N) is 1. The molecule has 0 unspecified atom stereocenters. The van der Waals surface area contributed by atoms with Crippen molar-refractivity contribution in [1.29, 1.82) is 0 Å². The molecular formula is C16H24N2O2. The van der Waals surface area contributed by atoms with Crippen LogP contribution in [0.1, 0.15) is 57.8 Å². The molecule has 4 aliphatic rings.